The monoisotopic (exact) mass is 342 g/mol. The van der Waals surface area contributed by atoms with Crippen molar-refractivity contribution in [2.45, 2.75) is 6.92 Å². The van der Waals surface area contributed by atoms with Gasteiger partial charge >= 0.3 is 0 Å². The number of anilines is 1. The summed E-state index contributed by atoms with van der Waals surface area (Å²) < 4.78 is 13.6. The highest BCUT2D eigenvalue weighted by atomic mass is 79.9. The molecule has 2 rings (SSSR count). The Balaban J connectivity index is 2.27. The van der Waals surface area contributed by atoms with Crippen LogP contribution in [0, 0.1) is 12.9 Å². The predicted octanol–water partition coefficient (Wildman–Crippen LogP) is 4.20. The number of aryl methyl sites for hydroxylation is 1. The number of hydrogen-bond donors (Lipinski definition) is 1. The van der Waals surface area contributed by atoms with Crippen LogP contribution >= 0.6 is 27.5 Å². The molecule has 0 aliphatic heterocycles. The molecule has 0 aliphatic carbocycles. The number of rotatable bonds is 2. The molecule has 0 bridgehead atoms. The van der Waals surface area contributed by atoms with Gasteiger partial charge in [0.1, 0.15) is 0 Å². The maximum atomic E-state index is 12.9. The van der Waals surface area contributed by atoms with Crippen molar-refractivity contribution in [2.75, 3.05) is 5.32 Å². The fourth-order valence-electron chi connectivity index (χ4n) is 1.48. The van der Waals surface area contributed by atoms with Crippen LogP contribution in [-0.2, 0) is 0 Å². The summed E-state index contributed by atoms with van der Waals surface area (Å²) >= 11 is 9.34. The van der Waals surface area contributed by atoms with Crippen LogP contribution < -0.4 is 5.32 Å². The van der Waals surface area contributed by atoms with E-state index in [9.17, 15) is 9.18 Å². The summed E-state index contributed by atoms with van der Waals surface area (Å²) in [6.45, 7) is 1.86. The molecule has 2 aromatic rings. The van der Waals surface area contributed by atoms with E-state index in [4.69, 9.17) is 11.6 Å². The van der Waals surface area contributed by atoms with E-state index in [0.717, 1.165) is 11.6 Å². The van der Waals surface area contributed by atoms with Crippen LogP contribution in [-0.4, -0.2) is 10.9 Å². The second kappa shape index (κ2) is 5.67. The van der Waals surface area contributed by atoms with E-state index in [1.807, 2.05) is 6.92 Å². The van der Waals surface area contributed by atoms with Gasteiger partial charge in [0, 0.05) is 27.3 Å². The predicted molar refractivity (Wildman–Crippen MR) is 76.0 cm³/mol. The lowest BCUT2D eigenvalue weighted by Crippen LogP contribution is -2.12. The molecule has 1 N–H and O–H groups in total. The zero-order valence-corrected chi connectivity index (χ0v) is 12.2. The van der Waals surface area contributed by atoms with Crippen LogP contribution in [0.15, 0.2) is 34.9 Å². The van der Waals surface area contributed by atoms with E-state index in [1.54, 1.807) is 12.1 Å². The Morgan fingerprint density at radius 2 is 2.16 bits per heavy atom. The molecule has 3 nitrogen and oxygen atoms in total. The molecule has 0 aliphatic rings. The van der Waals surface area contributed by atoms with Gasteiger partial charge in [-0.15, -0.1) is 0 Å². The number of carbonyl (C=O) groups is 1. The van der Waals surface area contributed by atoms with Crippen LogP contribution in [0.3, 0.4) is 0 Å². The largest absolute Gasteiger partial charge is 0.321 e. The molecule has 0 saturated carbocycles. The first-order valence-corrected chi connectivity index (χ1v) is 6.53. The molecule has 0 atom stereocenters. The third-order valence-electron chi connectivity index (χ3n) is 2.49. The van der Waals surface area contributed by atoms with Crippen LogP contribution in [0.4, 0.5) is 10.1 Å². The summed E-state index contributed by atoms with van der Waals surface area (Å²) in [5.41, 5.74) is 1.61. The number of halogens is 3. The molecule has 98 valence electrons. The van der Waals surface area contributed by atoms with E-state index in [1.165, 1.54) is 12.3 Å². The highest BCUT2D eigenvalue weighted by Crippen LogP contribution is 2.29. The summed E-state index contributed by atoms with van der Waals surface area (Å²) in [7, 11) is 0. The van der Waals surface area contributed by atoms with Crippen molar-refractivity contribution >= 4 is 39.1 Å². The summed E-state index contributed by atoms with van der Waals surface area (Å²) in [5, 5.41) is 3.20. The van der Waals surface area contributed by atoms with Crippen molar-refractivity contribution in [3.63, 3.8) is 0 Å². The Kier molecular flexibility index (Phi) is 4.17. The molecule has 1 aromatic heterocycles. The topological polar surface area (TPSA) is 42.0 Å². The minimum absolute atomic E-state index is 0.191. The lowest BCUT2D eigenvalue weighted by Gasteiger charge is -2.09. The van der Waals surface area contributed by atoms with Gasteiger partial charge < -0.3 is 5.32 Å². The van der Waals surface area contributed by atoms with Crippen LogP contribution in [0.25, 0.3) is 0 Å². The molecule has 0 unspecified atom stereocenters. The maximum absolute atomic E-state index is 12.9. The number of aromatic nitrogens is 1. The van der Waals surface area contributed by atoms with Gasteiger partial charge in [0.25, 0.3) is 5.91 Å². The van der Waals surface area contributed by atoms with Crippen molar-refractivity contribution in [2.24, 2.45) is 0 Å². The van der Waals surface area contributed by atoms with Gasteiger partial charge in [-0.25, -0.2) is 4.98 Å². The molecule has 1 amide bonds. The van der Waals surface area contributed by atoms with Crippen molar-refractivity contribution in [1.29, 1.82) is 0 Å². The summed E-state index contributed by atoms with van der Waals surface area (Å²) in [6, 6.07) is 5.93. The van der Waals surface area contributed by atoms with Crippen molar-refractivity contribution < 1.29 is 9.18 Å². The lowest BCUT2D eigenvalue weighted by atomic mass is 10.2. The van der Waals surface area contributed by atoms with E-state index >= 15 is 0 Å². The minimum atomic E-state index is -0.700. The summed E-state index contributed by atoms with van der Waals surface area (Å²) in [5.74, 6) is -1.13. The SMILES string of the molecule is Cc1cc(Br)c(NC(=O)c2ccnc(F)c2)cc1Cl. The highest BCUT2D eigenvalue weighted by Gasteiger charge is 2.11. The Labute approximate surface area is 122 Å². The Morgan fingerprint density at radius 1 is 1.42 bits per heavy atom. The number of hydrogen-bond acceptors (Lipinski definition) is 2. The first kappa shape index (κ1) is 14.0. The Morgan fingerprint density at radius 3 is 2.84 bits per heavy atom. The number of benzene rings is 1. The molecule has 0 spiro atoms. The van der Waals surface area contributed by atoms with Gasteiger partial charge in [0.05, 0.1) is 5.69 Å². The normalized spacial score (nSPS) is 10.3. The number of carbonyl (C=O) groups excluding carboxylic acids is 1. The third-order valence-corrected chi connectivity index (χ3v) is 3.55. The average molecular weight is 344 g/mol. The third kappa shape index (κ3) is 3.30. The first-order valence-electron chi connectivity index (χ1n) is 5.36. The minimum Gasteiger partial charge on any atom is -0.321 e. The van der Waals surface area contributed by atoms with E-state index < -0.39 is 11.9 Å². The molecular formula is C13H9BrClFN2O. The Hall–Kier alpha value is -1.46. The van der Waals surface area contributed by atoms with Crippen molar-refractivity contribution in [3.05, 3.63) is 57.0 Å². The Bertz CT molecular complexity index is 649. The van der Waals surface area contributed by atoms with Gasteiger partial charge in [-0.3, -0.25) is 4.79 Å². The number of amides is 1. The quantitative estimate of drug-likeness (QED) is 0.831. The van der Waals surface area contributed by atoms with Gasteiger partial charge in [0.15, 0.2) is 0 Å². The molecule has 1 heterocycles. The zero-order chi connectivity index (χ0) is 14.0. The highest BCUT2D eigenvalue weighted by molar-refractivity contribution is 9.10. The molecule has 0 fully saturated rings. The maximum Gasteiger partial charge on any atom is 0.255 e. The van der Waals surface area contributed by atoms with Gasteiger partial charge in [-0.05, 0) is 46.6 Å². The molecule has 0 radical (unpaired) electrons. The fraction of sp³-hybridized carbons (Fsp3) is 0.0769. The van der Waals surface area contributed by atoms with E-state index in [-0.39, 0.29) is 5.56 Å². The molecule has 6 heteroatoms. The smallest absolute Gasteiger partial charge is 0.255 e. The molecule has 1 aromatic carbocycles. The average Bonchev–Trinajstić information content (AvgIpc) is 2.36. The number of nitrogens with zero attached hydrogens (tertiary/aromatic N) is 1. The molecular weight excluding hydrogens is 335 g/mol. The second-order valence-corrected chi connectivity index (χ2v) is 5.16. The first-order chi connectivity index (χ1) is 8.97. The fourth-order valence-corrected chi connectivity index (χ4v) is 2.20. The van der Waals surface area contributed by atoms with Crippen LogP contribution in [0.2, 0.25) is 5.02 Å². The van der Waals surface area contributed by atoms with Crippen molar-refractivity contribution in [1.82, 2.24) is 4.98 Å². The number of pyridine rings is 1. The van der Waals surface area contributed by atoms with E-state index in [0.29, 0.717) is 15.2 Å². The lowest BCUT2D eigenvalue weighted by molar-refractivity contribution is 0.102. The standard InChI is InChI=1S/C13H9BrClFN2O/c1-7-4-9(14)11(6-10(7)15)18-13(19)8-2-3-17-12(16)5-8/h2-6H,1H3,(H,18,19). The summed E-state index contributed by atoms with van der Waals surface area (Å²) in [6.07, 6.45) is 1.24. The molecule has 0 saturated heterocycles. The second-order valence-electron chi connectivity index (χ2n) is 3.90. The van der Waals surface area contributed by atoms with Gasteiger partial charge in [-0.2, -0.15) is 4.39 Å². The zero-order valence-electron chi connectivity index (χ0n) is 9.88. The number of nitrogens with one attached hydrogen (secondary N) is 1. The van der Waals surface area contributed by atoms with Gasteiger partial charge in [0.2, 0.25) is 5.95 Å². The van der Waals surface area contributed by atoms with Gasteiger partial charge in [-0.1, -0.05) is 11.6 Å². The van der Waals surface area contributed by atoms with Crippen molar-refractivity contribution in [3.8, 4) is 0 Å². The van der Waals surface area contributed by atoms with Crippen LogP contribution in [0.5, 0.6) is 0 Å². The molecule has 19 heavy (non-hydrogen) atoms. The summed E-state index contributed by atoms with van der Waals surface area (Å²) in [4.78, 5) is 15.3. The van der Waals surface area contributed by atoms with Crippen LogP contribution in [0.1, 0.15) is 15.9 Å². The van der Waals surface area contributed by atoms with E-state index in [2.05, 4.69) is 26.2 Å².